The van der Waals surface area contributed by atoms with Crippen molar-refractivity contribution in [2.45, 2.75) is 19.9 Å². The third-order valence-electron chi connectivity index (χ3n) is 3.08. The molecule has 22 heavy (non-hydrogen) atoms. The number of aromatic nitrogens is 2. The summed E-state index contributed by atoms with van der Waals surface area (Å²) in [4.78, 5) is 10.3. The summed E-state index contributed by atoms with van der Waals surface area (Å²) in [6.07, 6.45) is 2.65. The van der Waals surface area contributed by atoms with E-state index in [4.69, 9.17) is 12.2 Å². The maximum Gasteiger partial charge on any atom is 0.271 e. The fourth-order valence-electron chi connectivity index (χ4n) is 1.94. The van der Waals surface area contributed by atoms with Gasteiger partial charge in [0.05, 0.1) is 4.92 Å². The third kappa shape index (κ3) is 4.52. The normalized spacial score (nSPS) is 10.2. The van der Waals surface area contributed by atoms with Gasteiger partial charge in [-0.3, -0.25) is 14.8 Å². The van der Waals surface area contributed by atoms with Crippen LogP contribution in [-0.2, 0) is 6.54 Å². The second-order valence-electron chi connectivity index (χ2n) is 4.74. The molecule has 0 aliphatic carbocycles. The van der Waals surface area contributed by atoms with Crippen molar-refractivity contribution in [2.24, 2.45) is 0 Å². The number of non-ortho nitro benzene ring substituents is 1. The van der Waals surface area contributed by atoms with Crippen LogP contribution in [0.25, 0.3) is 0 Å². The molecular formula is C14H17N5O2S. The molecule has 2 rings (SSSR count). The minimum absolute atomic E-state index is 0.0296. The molecule has 0 saturated carbocycles. The SMILES string of the molecule is Cc1ccnn1CCCNC(=S)Nc1cccc([N+](=O)[O-])c1. The maximum atomic E-state index is 10.7. The molecule has 1 aromatic heterocycles. The Morgan fingerprint density at radius 1 is 1.45 bits per heavy atom. The van der Waals surface area contributed by atoms with Crippen molar-refractivity contribution in [1.29, 1.82) is 0 Å². The molecule has 0 unspecified atom stereocenters. The van der Waals surface area contributed by atoms with Crippen molar-refractivity contribution >= 4 is 28.7 Å². The largest absolute Gasteiger partial charge is 0.362 e. The number of hydrogen-bond donors (Lipinski definition) is 2. The van der Waals surface area contributed by atoms with Gasteiger partial charge in [0.15, 0.2) is 5.11 Å². The molecule has 7 nitrogen and oxygen atoms in total. The van der Waals surface area contributed by atoms with Crippen LogP contribution in [-0.4, -0.2) is 26.4 Å². The van der Waals surface area contributed by atoms with Gasteiger partial charge >= 0.3 is 0 Å². The zero-order chi connectivity index (χ0) is 15.9. The van der Waals surface area contributed by atoms with E-state index in [1.807, 2.05) is 17.7 Å². The lowest BCUT2D eigenvalue weighted by atomic mass is 10.3. The lowest BCUT2D eigenvalue weighted by molar-refractivity contribution is -0.384. The van der Waals surface area contributed by atoms with Gasteiger partial charge in [0.1, 0.15) is 0 Å². The first kappa shape index (κ1) is 15.9. The second kappa shape index (κ2) is 7.51. The second-order valence-corrected chi connectivity index (χ2v) is 5.15. The van der Waals surface area contributed by atoms with Gasteiger partial charge < -0.3 is 10.6 Å². The van der Waals surface area contributed by atoms with E-state index in [-0.39, 0.29) is 5.69 Å². The molecule has 116 valence electrons. The van der Waals surface area contributed by atoms with E-state index in [0.717, 1.165) is 18.7 Å². The minimum atomic E-state index is -0.436. The Kier molecular flexibility index (Phi) is 5.42. The monoisotopic (exact) mass is 319 g/mol. The average Bonchev–Trinajstić information content (AvgIpc) is 2.89. The number of anilines is 1. The Morgan fingerprint density at radius 2 is 2.27 bits per heavy atom. The van der Waals surface area contributed by atoms with E-state index in [9.17, 15) is 10.1 Å². The van der Waals surface area contributed by atoms with Gasteiger partial charge in [-0.1, -0.05) is 6.07 Å². The summed E-state index contributed by atoms with van der Waals surface area (Å²) >= 11 is 5.17. The van der Waals surface area contributed by atoms with Crippen LogP contribution in [0, 0.1) is 17.0 Å². The summed E-state index contributed by atoms with van der Waals surface area (Å²) in [5.41, 5.74) is 1.74. The van der Waals surface area contributed by atoms with Crippen LogP contribution >= 0.6 is 12.2 Å². The van der Waals surface area contributed by atoms with Crippen LogP contribution in [0.3, 0.4) is 0 Å². The van der Waals surface area contributed by atoms with Crippen LogP contribution in [0.15, 0.2) is 36.5 Å². The summed E-state index contributed by atoms with van der Waals surface area (Å²) in [7, 11) is 0. The first-order chi connectivity index (χ1) is 10.6. The maximum absolute atomic E-state index is 10.7. The molecule has 0 aliphatic heterocycles. The van der Waals surface area contributed by atoms with Gasteiger partial charge in [-0.15, -0.1) is 0 Å². The van der Waals surface area contributed by atoms with Crippen molar-refractivity contribution < 1.29 is 4.92 Å². The summed E-state index contributed by atoms with van der Waals surface area (Å²) in [5, 5.41) is 21.4. The Balaban J connectivity index is 1.75. The van der Waals surface area contributed by atoms with Crippen molar-refractivity contribution in [1.82, 2.24) is 15.1 Å². The summed E-state index contributed by atoms with van der Waals surface area (Å²) in [6, 6.07) is 8.19. The Bertz CT molecular complexity index is 671. The summed E-state index contributed by atoms with van der Waals surface area (Å²) in [5.74, 6) is 0. The van der Waals surface area contributed by atoms with Crippen LogP contribution < -0.4 is 10.6 Å². The zero-order valence-corrected chi connectivity index (χ0v) is 13.0. The Hall–Kier alpha value is -2.48. The van der Waals surface area contributed by atoms with E-state index in [1.165, 1.54) is 12.1 Å². The Morgan fingerprint density at radius 3 is 2.95 bits per heavy atom. The number of benzene rings is 1. The molecule has 1 aromatic carbocycles. The van der Waals surface area contributed by atoms with Crippen LogP contribution in [0.2, 0.25) is 0 Å². The molecule has 8 heteroatoms. The van der Waals surface area contributed by atoms with Crippen molar-refractivity contribution in [3.05, 3.63) is 52.3 Å². The predicted molar refractivity (Wildman–Crippen MR) is 88.9 cm³/mol. The molecule has 2 N–H and O–H groups in total. The van der Waals surface area contributed by atoms with E-state index in [0.29, 0.717) is 17.3 Å². The lowest BCUT2D eigenvalue weighted by Crippen LogP contribution is -2.29. The van der Waals surface area contributed by atoms with Gasteiger partial charge in [-0.25, -0.2) is 0 Å². The number of thiocarbonyl (C=S) groups is 1. The number of nitro groups is 1. The molecule has 0 saturated heterocycles. The average molecular weight is 319 g/mol. The van der Waals surface area contributed by atoms with Crippen LogP contribution in [0.5, 0.6) is 0 Å². The van der Waals surface area contributed by atoms with E-state index < -0.39 is 4.92 Å². The Labute approximate surface area is 133 Å². The highest BCUT2D eigenvalue weighted by Gasteiger charge is 2.06. The van der Waals surface area contributed by atoms with Gasteiger partial charge in [-0.2, -0.15) is 5.10 Å². The predicted octanol–water partition coefficient (Wildman–Crippen LogP) is 2.48. The topological polar surface area (TPSA) is 85.0 Å². The first-order valence-electron chi connectivity index (χ1n) is 6.84. The molecule has 0 atom stereocenters. The number of rotatable bonds is 6. The highest BCUT2D eigenvalue weighted by Crippen LogP contribution is 2.16. The summed E-state index contributed by atoms with van der Waals surface area (Å²) in [6.45, 7) is 3.51. The number of aryl methyl sites for hydroxylation is 2. The van der Waals surface area contributed by atoms with Crippen molar-refractivity contribution in [2.75, 3.05) is 11.9 Å². The van der Waals surface area contributed by atoms with E-state index in [1.54, 1.807) is 18.3 Å². The van der Waals surface area contributed by atoms with Crippen molar-refractivity contribution in [3.63, 3.8) is 0 Å². The van der Waals surface area contributed by atoms with Gasteiger partial charge in [0, 0.05) is 42.8 Å². The van der Waals surface area contributed by atoms with Gasteiger partial charge in [0.2, 0.25) is 0 Å². The van der Waals surface area contributed by atoms with E-state index in [2.05, 4.69) is 15.7 Å². The smallest absolute Gasteiger partial charge is 0.271 e. The fraction of sp³-hybridized carbons (Fsp3) is 0.286. The molecule has 0 radical (unpaired) electrons. The molecule has 0 spiro atoms. The molecule has 1 heterocycles. The molecule has 0 aliphatic rings. The highest BCUT2D eigenvalue weighted by molar-refractivity contribution is 7.80. The molecule has 0 fully saturated rings. The standard InChI is InChI=1S/C14H17N5O2S/c1-11-6-8-16-18(11)9-3-7-15-14(22)17-12-4-2-5-13(10-12)19(20)21/h2,4-6,8,10H,3,7,9H2,1H3,(H2,15,17,22). The number of nitro benzene ring substituents is 1. The third-order valence-corrected chi connectivity index (χ3v) is 3.32. The number of nitrogens with one attached hydrogen (secondary N) is 2. The molecule has 2 aromatic rings. The van der Waals surface area contributed by atoms with Gasteiger partial charge in [-0.05, 0) is 37.7 Å². The number of nitrogens with zero attached hydrogens (tertiary/aromatic N) is 3. The zero-order valence-electron chi connectivity index (χ0n) is 12.2. The van der Waals surface area contributed by atoms with Crippen LogP contribution in [0.1, 0.15) is 12.1 Å². The molecular weight excluding hydrogens is 302 g/mol. The van der Waals surface area contributed by atoms with Crippen LogP contribution in [0.4, 0.5) is 11.4 Å². The number of hydrogen-bond acceptors (Lipinski definition) is 4. The highest BCUT2D eigenvalue weighted by atomic mass is 32.1. The minimum Gasteiger partial charge on any atom is -0.362 e. The fourth-order valence-corrected chi connectivity index (χ4v) is 2.16. The quantitative estimate of drug-likeness (QED) is 0.368. The molecule has 0 amide bonds. The summed E-state index contributed by atoms with van der Waals surface area (Å²) < 4.78 is 1.93. The van der Waals surface area contributed by atoms with Gasteiger partial charge in [0.25, 0.3) is 5.69 Å². The molecule has 0 bridgehead atoms. The van der Waals surface area contributed by atoms with E-state index >= 15 is 0 Å². The lowest BCUT2D eigenvalue weighted by Gasteiger charge is -2.10. The van der Waals surface area contributed by atoms with Crippen molar-refractivity contribution in [3.8, 4) is 0 Å². The first-order valence-corrected chi connectivity index (χ1v) is 7.25.